The number of aryl methyl sites for hydroxylation is 1. The topological polar surface area (TPSA) is 103 Å². The Morgan fingerprint density at radius 3 is 2.53 bits per heavy atom. The van der Waals surface area contributed by atoms with Crippen LogP contribution in [-0.4, -0.2) is 59.3 Å². The molecule has 1 N–H and O–H groups in total. The molecule has 0 spiro atoms. The molecule has 8 nitrogen and oxygen atoms in total. The Balaban J connectivity index is 0.828. The van der Waals surface area contributed by atoms with Crippen molar-refractivity contribution in [2.45, 2.75) is 124 Å². The van der Waals surface area contributed by atoms with Gasteiger partial charge in [-0.3, -0.25) is 19.7 Å². The number of allylic oxidation sites excluding steroid dienone is 2. The van der Waals surface area contributed by atoms with Crippen LogP contribution in [0.3, 0.4) is 0 Å². The third-order valence-electron chi connectivity index (χ3n) is 15.0. The van der Waals surface area contributed by atoms with Crippen molar-refractivity contribution >= 4 is 41.0 Å². The van der Waals surface area contributed by atoms with E-state index in [1.54, 1.807) is 18.2 Å². The number of fused-ring (bicyclic) bond motifs is 1. The highest BCUT2D eigenvalue weighted by molar-refractivity contribution is 6.31. The van der Waals surface area contributed by atoms with E-state index in [9.17, 15) is 19.6 Å². The average molecular weight is 910 g/mol. The lowest BCUT2D eigenvalue weighted by molar-refractivity contribution is -0.172. The van der Waals surface area contributed by atoms with Crippen molar-refractivity contribution in [2.75, 3.05) is 19.6 Å². The number of rotatable bonds is 10. The number of amides is 3. The van der Waals surface area contributed by atoms with Gasteiger partial charge in [0, 0.05) is 66.6 Å². The van der Waals surface area contributed by atoms with Crippen molar-refractivity contribution in [3.8, 4) is 23.7 Å². The summed E-state index contributed by atoms with van der Waals surface area (Å²) in [6, 6.07) is 16.5. The Labute approximate surface area is 395 Å². The van der Waals surface area contributed by atoms with Crippen LogP contribution in [-0.2, 0) is 29.0 Å². The van der Waals surface area contributed by atoms with Crippen LogP contribution in [0.2, 0.25) is 5.02 Å². The van der Waals surface area contributed by atoms with Gasteiger partial charge in [0.25, 0.3) is 5.91 Å². The molecule has 0 radical (unpaired) electrons. The van der Waals surface area contributed by atoms with Gasteiger partial charge in [0.15, 0.2) is 0 Å². The number of nitriles is 1. The van der Waals surface area contributed by atoms with Crippen molar-refractivity contribution in [3.63, 3.8) is 0 Å². The van der Waals surface area contributed by atoms with Crippen LogP contribution in [0.5, 0.6) is 5.75 Å². The van der Waals surface area contributed by atoms with Crippen molar-refractivity contribution in [1.82, 2.24) is 15.1 Å². The van der Waals surface area contributed by atoms with Crippen LogP contribution in [0.25, 0.3) is 11.6 Å². The number of imide groups is 1. The zero-order valence-electron chi connectivity index (χ0n) is 39.1. The quantitative estimate of drug-likeness (QED) is 0.0941. The monoisotopic (exact) mass is 908 g/mol. The second kappa shape index (κ2) is 19.4. The van der Waals surface area contributed by atoms with E-state index in [2.05, 4.69) is 99.7 Å². The average Bonchev–Trinajstić information content (AvgIpc) is 3.43. The van der Waals surface area contributed by atoms with Crippen LogP contribution in [0.1, 0.15) is 136 Å². The lowest BCUT2D eigenvalue weighted by atomic mass is 9.46. The Morgan fingerprint density at radius 1 is 0.985 bits per heavy atom. The first-order chi connectivity index (χ1) is 31.5. The second-order valence-corrected chi connectivity index (χ2v) is 20.7. The van der Waals surface area contributed by atoms with Crippen molar-refractivity contribution < 1.29 is 23.5 Å². The zero-order chi connectivity index (χ0) is 46.9. The Bertz CT molecular complexity index is 2610. The minimum absolute atomic E-state index is 0.0821. The fraction of sp³-hybridized carbons (Fsp3) is 0.464. The van der Waals surface area contributed by atoms with E-state index in [-0.39, 0.29) is 59.9 Å². The lowest BCUT2D eigenvalue weighted by Gasteiger charge is -2.61. The number of benzene rings is 3. The van der Waals surface area contributed by atoms with E-state index in [0.717, 1.165) is 62.9 Å². The molecule has 10 heteroatoms. The standard InChI is InChI=1S/C56H62ClFN4O4/c1-7-40-28-39(16-19-45(40)35(2)13-21-50-55(3,4)54(56(50,5)6)66-44-18-17-41(32-59)47(57)31-44)26-36-10-8-11-38(15-14-36)33-61-24-9-12-37(23-25-61)27-42-29-46-43(30-48(42)58)34-62(53(46)65)49-20-22-51(63)60-52(49)64/h12,16-19,26,28-31,38,49-50,54H,2,7-11,14-15,20,22-25,27,33-34H2,1,3-6H3,(H,60,63,64)/b36-26-. The molecule has 66 heavy (non-hydrogen) atoms. The molecule has 3 aromatic carbocycles. The summed E-state index contributed by atoms with van der Waals surface area (Å²) in [6.45, 7) is 18.6. The van der Waals surface area contributed by atoms with Crippen molar-refractivity contribution in [1.29, 1.82) is 5.26 Å². The minimum atomic E-state index is -0.716. The Kier molecular flexibility index (Phi) is 13.8. The summed E-state index contributed by atoms with van der Waals surface area (Å²) in [5.74, 6) is 7.04. The lowest BCUT2D eigenvalue weighted by Crippen LogP contribution is -2.65. The van der Waals surface area contributed by atoms with Gasteiger partial charge in [-0.2, -0.15) is 5.26 Å². The number of nitrogens with zero attached hydrogens (tertiary/aromatic N) is 3. The summed E-state index contributed by atoms with van der Waals surface area (Å²) in [4.78, 5) is 41.6. The van der Waals surface area contributed by atoms with Gasteiger partial charge in [-0.15, -0.1) is 0 Å². The molecule has 0 aromatic heterocycles. The number of nitrogens with one attached hydrogen (secondary N) is 1. The third kappa shape index (κ3) is 9.81. The first-order valence-corrected chi connectivity index (χ1v) is 24.2. The molecule has 0 bridgehead atoms. The molecule has 3 aliphatic heterocycles. The highest BCUT2D eigenvalue weighted by atomic mass is 35.5. The number of carbonyl (C=O) groups excluding carboxylic acids is 3. The fourth-order valence-corrected chi connectivity index (χ4v) is 11.9. The number of hydrogen-bond acceptors (Lipinski definition) is 6. The van der Waals surface area contributed by atoms with E-state index >= 15 is 4.39 Å². The molecule has 1 saturated heterocycles. The molecular weight excluding hydrogens is 847 g/mol. The molecular formula is C56H62ClFN4O4. The van der Waals surface area contributed by atoms with E-state index in [1.165, 1.54) is 52.5 Å². The largest absolute Gasteiger partial charge is 0.489 e. The molecule has 5 aliphatic rings. The van der Waals surface area contributed by atoms with Gasteiger partial charge in [-0.25, -0.2) is 4.39 Å². The molecule has 2 aliphatic carbocycles. The van der Waals surface area contributed by atoms with Crippen molar-refractivity contribution in [2.24, 2.45) is 22.7 Å². The van der Waals surface area contributed by atoms with Crippen LogP contribution >= 0.6 is 11.6 Å². The van der Waals surface area contributed by atoms with Gasteiger partial charge < -0.3 is 14.5 Å². The van der Waals surface area contributed by atoms with Gasteiger partial charge in [0.2, 0.25) is 11.8 Å². The molecule has 3 aromatic rings. The number of carbonyl (C=O) groups is 3. The molecule has 3 amide bonds. The summed E-state index contributed by atoms with van der Waals surface area (Å²) < 4.78 is 22.0. The van der Waals surface area contributed by atoms with E-state index < -0.39 is 11.9 Å². The van der Waals surface area contributed by atoms with Gasteiger partial charge in [0.05, 0.1) is 10.6 Å². The predicted octanol–water partition coefficient (Wildman–Crippen LogP) is 11.0. The smallest absolute Gasteiger partial charge is 0.255 e. The second-order valence-electron chi connectivity index (χ2n) is 20.3. The van der Waals surface area contributed by atoms with Gasteiger partial charge in [-0.05, 0) is 122 Å². The highest BCUT2D eigenvalue weighted by Gasteiger charge is 2.63. The van der Waals surface area contributed by atoms with Gasteiger partial charge in [-0.1, -0.05) is 106 Å². The van der Waals surface area contributed by atoms with E-state index in [0.29, 0.717) is 45.4 Å². The number of ether oxygens (including phenoxy) is 1. The third-order valence-corrected chi connectivity index (χ3v) is 15.3. The molecule has 2 unspecified atom stereocenters. The number of piperidine rings is 1. The summed E-state index contributed by atoms with van der Waals surface area (Å²) in [7, 11) is 0. The van der Waals surface area contributed by atoms with E-state index in [4.69, 9.17) is 16.3 Å². The summed E-state index contributed by atoms with van der Waals surface area (Å²) >= 11 is 6.31. The summed E-state index contributed by atoms with van der Waals surface area (Å²) in [5.41, 5.74) is 8.69. The van der Waals surface area contributed by atoms with Gasteiger partial charge in [0.1, 0.15) is 29.8 Å². The molecule has 2 saturated carbocycles. The molecule has 3 heterocycles. The van der Waals surface area contributed by atoms with Crippen LogP contribution in [0.15, 0.2) is 72.3 Å². The van der Waals surface area contributed by atoms with Gasteiger partial charge >= 0.3 is 0 Å². The number of hydrogen-bond donors (Lipinski definition) is 1. The normalized spacial score (nSPS) is 24.5. The molecule has 344 valence electrons. The summed E-state index contributed by atoms with van der Waals surface area (Å²) in [6.07, 6.45) is 13.9. The maximum atomic E-state index is 15.5. The fourth-order valence-electron chi connectivity index (χ4n) is 11.6. The van der Waals surface area contributed by atoms with Crippen LogP contribution in [0.4, 0.5) is 4.39 Å². The highest BCUT2D eigenvalue weighted by Crippen LogP contribution is 2.60. The predicted molar refractivity (Wildman–Crippen MR) is 259 cm³/mol. The zero-order valence-corrected chi connectivity index (χ0v) is 39.9. The first-order valence-electron chi connectivity index (χ1n) is 23.8. The van der Waals surface area contributed by atoms with Crippen LogP contribution in [0, 0.1) is 51.7 Å². The summed E-state index contributed by atoms with van der Waals surface area (Å²) in [5, 5.41) is 12.0. The molecule has 8 rings (SSSR count). The first kappa shape index (κ1) is 47.0. The number of halogens is 2. The Hall–Kier alpha value is -5.48. The SMILES string of the molecule is C=C(C#CC1C(C)(C)C(Oc2ccc(C#N)c(Cl)c2)C1(C)C)c1ccc(/C=C2/CCCC(CN3CCC=C(Cc4cc5c(cc4F)CN(C4CCC(=O)NC4=O)C5=O)CC3)CC2)cc1CC. The maximum absolute atomic E-state index is 15.5. The minimum Gasteiger partial charge on any atom is -0.489 e. The maximum Gasteiger partial charge on any atom is 0.255 e. The Morgan fingerprint density at radius 2 is 1.79 bits per heavy atom. The molecule has 3 fully saturated rings. The molecule has 2 atom stereocenters. The van der Waals surface area contributed by atoms with E-state index in [1.807, 2.05) is 6.07 Å². The van der Waals surface area contributed by atoms with Crippen LogP contribution < -0.4 is 10.1 Å². The van der Waals surface area contributed by atoms with Crippen molar-refractivity contribution in [3.05, 3.63) is 122 Å².